The Hall–Kier alpha value is -2.40. The Kier molecular flexibility index (Phi) is 5.66. The molecule has 1 fully saturated rings. The molecule has 0 bridgehead atoms. The largest absolute Gasteiger partial charge is 0.370 e. The average molecular weight is 338 g/mol. The minimum atomic E-state index is -0.189. The first-order chi connectivity index (χ1) is 12.1. The summed E-state index contributed by atoms with van der Waals surface area (Å²) in [5, 5.41) is 3.47. The van der Waals surface area contributed by atoms with Gasteiger partial charge < -0.3 is 16.0 Å². The van der Waals surface area contributed by atoms with Crippen LogP contribution < -0.4 is 16.0 Å². The van der Waals surface area contributed by atoms with Crippen LogP contribution in [0.2, 0.25) is 0 Å². The van der Waals surface area contributed by atoms with Crippen LogP contribution >= 0.6 is 0 Å². The fraction of sp³-hybridized carbons (Fsp3) is 0.400. The van der Waals surface area contributed by atoms with Gasteiger partial charge in [-0.05, 0) is 43.0 Å². The van der Waals surface area contributed by atoms with Crippen molar-refractivity contribution in [3.63, 3.8) is 0 Å². The maximum atomic E-state index is 11.5. The second-order valence-electron chi connectivity index (χ2n) is 6.75. The summed E-state index contributed by atoms with van der Waals surface area (Å²) < 4.78 is 0. The van der Waals surface area contributed by atoms with Crippen molar-refractivity contribution in [2.45, 2.75) is 32.9 Å². The highest BCUT2D eigenvalue weighted by Crippen LogP contribution is 2.26. The number of anilines is 1. The molecule has 2 aromatic rings. The van der Waals surface area contributed by atoms with Crippen molar-refractivity contribution in [3.8, 4) is 0 Å². The van der Waals surface area contributed by atoms with E-state index in [1.165, 1.54) is 16.8 Å². The molecule has 0 radical (unpaired) electrons. The van der Waals surface area contributed by atoms with E-state index in [0.717, 1.165) is 38.2 Å². The standard InChI is InChI=1S/C20H26N4O/c1-15-8-9-18(23-11-15)13-22-12-16-5-2-3-7-19(16)24-10-4-6-17(14-24)20(21)25/h2-3,5,7-9,11,17,22H,4,6,10,12-14H2,1H3,(H2,21,25). The van der Waals surface area contributed by atoms with E-state index in [2.05, 4.69) is 45.5 Å². The predicted octanol–water partition coefficient (Wildman–Crippen LogP) is 2.38. The monoisotopic (exact) mass is 338 g/mol. The molecule has 0 spiro atoms. The minimum absolute atomic E-state index is 0.0495. The third-order valence-electron chi connectivity index (χ3n) is 4.75. The first kappa shape index (κ1) is 17.4. The molecule has 25 heavy (non-hydrogen) atoms. The predicted molar refractivity (Wildman–Crippen MR) is 100 cm³/mol. The van der Waals surface area contributed by atoms with E-state index < -0.39 is 0 Å². The van der Waals surface area contributed by atoms with E-state index >= 15 is 0 Å². The van der Waals surface area contributed by atoms with Crippen molar-refractivity contribution >= 4 is 11.6 Å². The summed E-state index contributed by atoms with van der Waals surface area (Å²) in [6.07, 6.45) is 3.79. The number of hydrogen-bond acceptors (Lipinski definition) is 4. The molecule has 1 aromatic heterocycles. The topological polar surface area (TPSA) is 71.2 Å². The Morgan fingerprint density at radius 1 is 1.28 bits per heavy atom. The highest BCUT2D eigenvalue weighted by molar-refractivity contribution is 5.77. The number of benzene rings is 1. The second-order valence-corrected chi connectivity index (χ2v) is 6.75. The maximum Gasteiger partial charge on any atom is 0.222 e. The summed E-state index contributed by atoms with van der Waals surface area (Å²) >= 11 is 0. The number of aryl methyl sites for hydroxylation is 1. The highest BCUT2D eigenvalue weighted by Gasteiger charge is 2.25. The fourth-order valence-electron chi connectivity index (χ4n) is 3.33. The van der Waals surface area contributed by atoms with Crippen LogP contribution in [0, 0.1) is 12.8 Å². The minimum Gasteiger partial charge on any atom is -0.370 e. The molecule has 3 N–H and O–H groups in total. The molecule has 1 aromatic carbocycles. The van der Waals surface area contributed by atoms with Gasteiger partial charge in [0.05, 0.1) is 11.6 Å². The van der Waals surface area contributed by atoms with Crippen molar-refractivity contribution in [2.24, 2.45) is 11.7 Å². The summed E-state index contributed by atoms with van der Waals surface area (Å²) in [4.78, 5) is 18.3. The lowest BCUT2D eigenvalue weighted by Crippen LogP contribution is -2.41. The van der Waals surface area contributed by atoms with E-state index in [1.807, 2.05) is 19.2 Å². The van der Waals surface area contributed by atoms with Crippen molar-refractivity contribution in [2.75, 3.05) is 18.0 Å². The molecular formula is C20H26N4O. The van der Waals surface area contributed by atoms with Crippen LogP contribution in [-0.4, -0.2) is 24.0 Å². The summed E-state index contributed by atoms with van der Waals surface area (Å²) in [5.74, 6) is -0.239. The first-order valence-electron chi connectivity index (χ1n) is 8.88. The number of carbonyl (C=O) groups is 1. The molecule has 0 aliphatic carbocycles. The number of nitrogens with zero attached hydrogens (tertiary/aromatic N) is 2. The third kappa shape index (κ3) is 4.57. The number of rotatable bonds is 6. The number of nitrogens with one attached hydrogen (secondary N) is 1. The Bertz CT molecular complexity index is 714. The van der Waals surface area contributed by atoms with Gasteiger partial charge in [-0.2, -0.15) is 0 Å². The molecule has 132 valence electrons. The van der Waals surface area contributed by atoms with Gasteiger partial charge in [0.15, 0.2) is 0 Å². The van der Waals surface area contributed by atoms with Crippen molar-refractivity contribution in [1.82, 2.24) is 10.3 Å². The fourth-order valence-corrected chi connectivity index (χ4v) is 3.33. The number of hydrogen-bond donors (Lipinski definition) is 2. The quantitative estimate of drug-likeness (QED) is 0.848. The van der Waals surface area contributed by atoms with Crippen LogP contribution in [-0.2, 0) is 17.9 Å². The van der Waals surface area contributed by atoms with Crippen molar-refractivity contribution in [1.29, 1.82) is 0 Å². The van der Waals surface area contributed by atoms with Gasteiger partial charge in [0.1, 0.15) is 0 Å². The lowest BCUT2D eigenvalue weighted by Gasteiger charge is -2.34. The number of amides is 1. The van der Waals surface area contributed by atoms with E-state index in [4.69, 9.17) is 5.73 Å². The van der Waals surface area contributed by atoms with E-state index in [1.54, 1.807) is 0 Å². The molecule has 1 aliphatic rings. The van der Waals surface area contributed by atoms with Crippen LogP contribution in [0.4, 0.5) is 5.69 Å². The number of aromatic nitrogens is 1. The summed E-state index contributed by atoms with van der Waals surface area (Å²) in [6, 6.07) is 12.5. The molecule has 1 atom stereocenters. The number of nitrogens with two attached hydrogens (primary N) is 1. The van der Waals surface area contributed by atoms with Crippen LogP contribution in [0.5, 0.6) is 0 Å². The van der Waals surface area contributed by atoms with Crippen LogP contribution in [0.1, 0.15) is 29.7 Å². The zero-order valence-electron chi connectivity index (χ0n) is 14.7. The zero-order valence-corrected chi connectivity index (χ0v) is 14.7. The number of primary amides is 1. The summed E-state index contributed by atoms with van der Waals surface area (Å²) in [5.41, 5.74) is 10.2. The van der Waals surface area contributed by atoms with Gasteiger partial charge in [-0.3, -0.25) is 9.78 Å². The smallest absolute Gasteiger partial charge is 0.222 e. The van der Waals surface area contributed by atoms with Gasteiger partial charge >= 0.3 is 0 Å². The van der Waals surface area contributed by atoms with Crippen molar-refractivity contribution in [3.05, 3.63) is 59.4 Å². The van der Waals surface area contributed by atoms with Gasteiger partial charge in [-0.15, -0.1) is 0 Å². The lowest BCUT2D eigenvalue weighted by molar-refractivity contribution is -0.122. The van der Waals surface area contributed by atoms with Gasteiger partial charge in [0, 0.05) is 38.1 Å². The SMILES string of the molecule is Cc1ccc(CNCc2ccccc2N2CCCC(C(N)=O)C2)nc1. The number of carbonyl (C=O) groups excluding carboxylic acids is 1. The number of piperidine rings is 1. The molecule has 1 saturated heterocycles. The normalized spacial score (nSPS) is 17.5. The van der Waals surface area contributed by atoms with Gasteiger partial charge in [-0.1, -0.05) is 24.3 Å². The summed E-state index contributed by atoms with van der Waals surface area (Å²) in [6.45, 7) is 5.23. The molecule has 1 aliphatic heterocycles. The lowest BCUT2D eigenvalue weighted by atomic mass is 9.96. The molecule has 5 heteroatoms. The molecule has 5 nitrogen and oxygen atoms in total. The first-order valence-corrected chi connectivity index (χ1v) is 8.88. The third-order valence-corrected chi connectivity index (χ3v) is 4.75. The van der Waals surface area contributed by atoms with Crippen molar-refractivity contribution < 1.29 is 4.79 Å². The Labute approximate surface area is 149 Å². The molecule has 1 unspecified atom stereocenters. The van der Waals surface area contributed by atoms with Gasteiger partial charge in [-0.25, -0.2) is 0 Å². The highest BCUT2D eigenvalue weighted by atomic mass is 16.1. The second kappa shape index (κ2) is 8.12. The molecule has 0 saturated carbocycles. The molecule has 1 amide bonds. The molecule has 3 rings (SSSR count). The number of pyridine rings is 1. The van der Waals surface area contributed by atoms with Crippen LogP contribution in [0.15, 0.2) is 42.6 Å². The maximum absolute atomic E-state index is 11.5. The van der Waals surface area contributed by atoms with Gasteiger partial charge in [0.25, 0.3) is 0 Å². The van der Waals surface area contributed by atoms with E-state index in [-0.39, 0.29) is 11.8 Å². The average Bonchev–Trinajstić information content (AvgIpc) is 2.64. The molecule has 2 heterocycles. The van der Waals surface area contributed by atoms with Crippen LogP contribution in [0.25, 0.3) is 0 Å². The zero-order chi connectivity index (χ0) is 17.6. The van der Waals surface area contributed by atoms with E-state index in [0.29, 0.717) is 6.54 Å². The Morgan fingerprint density at radius 2 is 2.12 bits per heavy atom. The van der Waals surface area contributed by atoms with Gasteiger partial charge in [0.2, 0.25) is 5.91 Å². The number of para-hydroxylation sites is 1. The Morgan fingerprint density at radius 3 is 2.88 bits per heavy atom. The summed E-state index contributed by atoms with van der Waals surface area (Å²) in [7, 11) is 0. The van der Waals surface area contributed by atoms with Crippen LogP contribution in [0.3, 0.4) is 0 Å². The Balaban J connectivity index is 1.64. The van der Waals surface area contributed by atoms with E-state index in [9.17, 15) is 4.79 Å². The molecular weight excluding hydrogens is 312 g/mol.